The van der Waals surface area contributed by atoms with Crippen LogP contribution in [0.4, 0.5) is 0 Å². The standard InChI is InChI=1S/C23H34N2O4/c1-2-28-16-17-29-21-11-7-6-10-20(21)23(27)25-14-12-19(13-15-25)24-22(26)18-8-4-3-5-9-18/h6-7,10-11,18-19H,2-5,8-9,12-17H2,1H3,(H,24,26). The van der Waals surface area contributed by atoms with Gasteiger partial charge in [0.15, 0.2) is 0 Å². The number of hydrogen-bond donors (Lipinski definition) is 1. The van der Waals surface area contributed by atoms with E-state index in [0.29, 0.717) is 44.2 Å². The summed E-state index contributed by atoms with van der Waals surface area (Å²) in [5, 5.41) is 3.22. The van der Waals surface area contributed by atoms with Crippen molar-refractivity contribution in [2.24, 2.45) is 5.92 Å². The predicted molar refractivity (Wildman–Crippen MR) is 112 cm³/mol. The van der Waals surface area contributed by atoms with Crippen LogP contribution in [-0.2, 0) is 9.53 Å². The normalized spacial score (nSPS) is 18.4. The minimum Gasteiger partial charge on any atom is -0.490 e. The van der Waals surface area contributed by atoms with Gasteiger partial charge in [-0.05, 0) is 44.7 Å². The van der Waals surface area contributed by atoms with Crippen molar-refractivity contribution in [1.29, 1.82) is 0 Å². The van der Waals surface area contributed by atoms with E-state index in [-0.39, 0.29) is 23.8 Å². The summed E-state index contributed by atoms with van der Waals surface area (Å²) in [5.74, 6) is 0.991. The molecular weight excluding hydrogens is 368 g/mol. The van der Waals surface area contributed by atoms with Crippen LogP contribution in [0.3, 0.4) is 0 Å². The fourth-order valence-corrected chi connectivity index (χ4v) is 4.21. The zero-order valence-corrected chi connectivity index (χ0v) is 17.5. The highest BCUT2D eigenvalue weighted by atomic mass is 16.5. The molecule has 1 heterocycles. The SMILES string of the molecule is CCOCCOc1ccccc1C(=O)N1CCC(NC(=O)C2CCCCC2)CC1. The minimum absolute atomic E-state index is 0.00549. The molecule has 3 rings (SSSR count). The van der Waals surface area contributed by atoms with Crippen LogP contribution < -0.4 is 10.1 Å². The van der Waals surface area contributed by atoms with Crippen LogP contribution in [0.15, 0.2) is 24.3 Å². The van der Waals surface area contributed by atoms with Gasteiger partial charge in [-0.3, -0.25) is 9.59 Å². The number of para-hydroxylation sites is 1. The summed E-state index contributed by atoms with van der Waals surface area (Å²) < 4.78 is 11.1. The first kappa shape index (κ1) is 21.6. The number of ether oxygens (including phenoxy) is 2. The number of rotatable bonds is 8. The summed E-state index contributed by atoms with van der Waals surface area (Å²) in [4.78, 5) is 27.4. The van der Waals surface area contributed by atoms with Crippen molar-refractivity contribution in [2.75, 3.05) is 32.9 Å². The van der Waals surface area contributed by atoms with Crippen molar-refractivity contribution >= 4 is 11.8 Å². The lowest BCUT2D eigenvalue weighted by Gasteiger charge is -2.33. The lowest BCUT2D eigenvalue weighted by atomic mass is 9.88. The summed E-state index contributed by atoms with van der Waals surface area (Å²) in [6.07, 6.45) is 7.22. The Morgan fingerprint density at radius 1 is 1.03 bits per heavy atom. The van der Waals surface area contributed by atoms with Crippen LogP contribution in [0.1, 0.15) is 62.2 Å². The van der Waals surface area contributed by atoms with Gasteiger partial charge in [0.05, 0.1) is 12.2 Å². The van der Waals surface area contributed by atoms with Gasteiger partial charge in [0.1, 0.15) is 12.4 Å². The molecular formula is C23H34N2O4. The van der Waals surface area contributed by atoms with E-state index in [4.69, 9.17) is 9.47 Å². The van der Waals surface area contributed by atoms with Gasteiger partial charge < -0.3 is 19.7 Å². The van der Waals surface area contributed by atoms with Crippen molar-refractivity contribution in [3.63, 3.8) is 0 Å². The number of carbonyl (C=O) groups excluding carboxylic acids is 2. The first-order chi connectivity index (χ1) is 14.2. The summed E-state index contributed by atoms with van der Waals surface area (Å²) in [6.45, 7) is 4.83. The van der Waals surface area contributed by atoms with Crippen LogP contribution in [0.25, 0.3) is 0 Å². The van der Waals surface area contributed by atoms with Crippen molar-refractivity contribution in [1.82, 2.24) is 10.2 Å². The molecule has 0 unspecified atom stereocenters. The first-order valence-electron chi connectivity index (χ1n) is 11.1. The number of amides is 2. The average molecular weight is 403 g/mol. The molecule has 0 atom stereocenters. The summed E-state index contributed by atoms with van der Waals surface area (Å²) in [6, 6.07) is 7.55. The molecule has 0 aromatic heterocycles. The number of nitrogens with one attached hydrogen (secondary N) is 1. The molecule has 2 fully saturated rings. The zero-order valence-electron chi connectivity index (χ0n) is 17.5. The van der Waals surface area contributed by atoms with E-state index >= 15 is 0 Å². The molecule has 6 nitrogen and oxygen atoms in total. The Kier molecular flexibility index (Phi) is 8.35. The topological polar surface area (TPSA) is 67.9 Å². The van der Waals surface area contributed by atoms with E-state index in [2.05, 4.69) is 5.32 Å². The third-order valence-corrected chi connectivity index (χ3v) is 5.91. The van der Waals surface area contributed by atoms with Gasteiger partial charge >= 0.3 is 0 Å². The van der Waals surface area contributed by atoms with Crippen LogP contribution in [0, 0.1) is 5.92 Å². The second-order valence-corrected chi connectivity index (χ2v) is 7.95. The van der Waals surface area contributed by atoms with Gasteiger partial charge in [-0.15, -0.1) is 0 Å². The van der Waals surface area contributed by atoms with Gasteiger partial charge in [0.25, 0.3) is 5.91 Å². The Morgan fingerprint density at radius 3 is 2.48 bits per heavy atom. The molecule has 2 amide bonds. The smallest absolute Gasteiger partial charge is 0.257 e. The molecule has 1 saturated carbocycles. The summed E-state index contributed by atoms with van der Waals surface area (Å²) in [5.41, 5.74) is 0.591. The monoisotopic (exact) mass is 402 g/mol. The maximum atomic E-state index is 13.0. The van der Waals surface area contributed by atoms with E-state index in [1.54, 1.807) is 0 Å². The van der Waals surface area contributed by atoms with E-state index in [1.165, 1.54) is 6.42 Å². The number of piperidine rings is 1. The third-order valence-electron chi connectivity index (χ3n) is 5.91. The highest BCUT2D eigenvalue weighted by Crippen LogP contribution is 2.25. The van der Waals surface area contributed by atoms with Crippen LogP contribution in [0.5, 0.6) is 5.75 Å². The van der Waals surface area contributed by atoms with Crippen molar-refractivity contribution in [2.45, 2.75) is 57.9 Å². The lowest BCUT2D eigenvalue weighted by molar-refractivity contribution is -0.126. The van der Waals surface area contributed by atoms with Gasteiger partial charge in [0.2, 0.25) is 5.91 Å². The molecule has 1 aliphatic carbocycles. The zero-order chi connectivity index (χ0) is 20.5. The largest absolute Gasteiger partial charge is 0.490 e. The van der Waals surface area contributed by atoms with Crippen molar-refractivity contribution in [3.05, 3.63) is 29.8 Å². The predicted octanol–water partition coefficient (Wildman–Crippen LogP) is 3.40. The molecule has 1 aromatic rings. The Bertz CT molecular complexity index is 665. The highest BCUT2D eigenvalue weighted by molar-refractivity contribution is 5.97. The fourth-order valence-electron chi connectivity index (χ4n) is 4.21. The van der Waals surface area contributed by atoms with Crippen LogP contribution in [0.2, 0.25) is 0 Å². The van der Waals surface area contributed by atoms with Gasteiger partial charge in [-0.1, -0.05) is 31.4 Å². The van der Waals surface area contributed by atoms with E-state index in [1.807, 2.05) is 36.1 Å². The van der Waals surface area contributed by atoms with Gasteiger partial charge in [-0.2, -0.15) is 0 Å². The van der Waals surface area contributed by atoms with Crippen LogP contribution >= 0.6 is 0 Å². The molecule has 1 aromatic carbocycles. The number of nitrogens with zero attached hydrogens (tertiary/aromatic N) is 1. The third kappa shape index (κ3) is 6.20. The van der Waals surface area contributed by atoms with E-state index in [0.717, 1.165) is 38.5 Å². The Balaban J connectivity index is 1.49. The molecule has 0 radical (unpaired) electrons. The number of hydrogen-bond acceptors (Lipinski definition) is 4. The molecule has 1 saturated heterocycles. The second-order valence-electron chi connectivity index (χ2n) is 7.95. The Labute approximate surface area is 173 Å². The number of carbonyl (C=O) groups is 2. The second kappa shape index (κ2) is 11.2. The highest BCUT2D eigenvalue weighted by Gasteiger charge is 2.28. The molecule has 29 heavy (non-hydrogen) atoms. The van der Waals surface area contributed by atoms with Crippen molar-refractivity contribution in [3.8, 4) is 5.75 Å². The molecule has 0 bridgehead atoms. The quantitative estimate of drug-likeness (QED) is 0.677. The van der Waals surface area contributed by atoms with Crippen LogP contribution in [-0.4, -0.2) is 55.7 Å². The average Bonchev–Trinajstić information content (AvgIpc) is 2.77. The molecule has 1 N–H and O–H groups in total. The fraction of sp³-hybridized carbons (Fsp3) is 0.652. The lowest BCUT2D eigenvalue weighted by Crippen LogP contribution is -2.48. The molecule has 1 aliphatic heterocycles. The Hall–Kier alpha value is -2.08. The molecule has 160 valence electrons. The summed E-state index contributed by atoms with van der Waals surface area (Å²) >= 11 is 0. The number of likely N-dealkylation sites (tertiary alicyclic amines) is 1. The molecule has 0 spiro atoms. The van der Waals surface area contributed by atoms with E-state index in [9.17, 15) is 9.59 Å². The maximum Gasteiger partial charge on any atom is 0.257 e. The van der Waals surface area contributed by atoms with Gasteiger partial charge in [0, 0.05) is 31.7 Å². The van der Waals surface area contributed by atoms with Crippen molar-refractivity contribution < 1.29 is 19.1 Å². The number of benzene rings is 1. The molecule has 6 heteroatoms. The Morgan fingerprint density at radius 2 is 1.76 bits per heavy atom. The summed E-state index contributed by atoms with van der Waals surface area (Å²) in [7, 11) is 0. The maximum absolute atomic E-state index is 13.0. The van der Waals surface area contributed by atoms with E-state index < -0.39 is 0 Å². The molecule has 2 aliphatic rings. The van der Waals surface area contributed by atoms with Gasteiger partial charge in [-0.25, -0.2) is 0 Å². The first-order valence-corrected chi connectivity index (χ1v) is 11.1. The minimum atomic E-state index is -0.00549.